The highest BCUT2D eigenvalue weighted by molar-refractivity contribution is 7.92. The summed E-state index contributed by atoms with van der Waals surface area (Å²) in [6.07, 6.45) is 2.49. The number of carbonyl (C=O) groups is 2. The van der Waals surface area contributed by atoms with Gasteiger partial charge in [0.2, 0.25) is 21.8 Å². The Morgan fingerprint density at radius 2 is 1.70 bits per heavy atom. The van der Waals surface area contributed by atoms with Crippen LogP contribution in [-0.4, -0.2) is 57.1 Å². The van der Waals surface area contributed by atoms with Crippen molar-refractivity contribution >= 4 is 50.7 Å². The van der Waals surface area contributed by atoms with Gasteiger partial charge in [-0.05, 0) is 48.9 Å². The fourth-order valence-corrected chi connectivity index (χ4v) is 5.38. The molecule has 2 rings (SSSR count). The van der Waals surface area contributed by atoms with Gasteiger partial charge >= 0.3 is 0 Å². The lowest BCUT2D eigenvalue weighted by Gasteiger charge is -2.31. The SMILES string of the molecule is CC[C@H](C(=O)NCC(C)C)N(CCc1ccccc1)C(=O)CCCN(c1cc(Cl)ccc1Cl)S(C)(=O)=O. The van der Waals surface area contributed by atoms with Crippen molar-refractivity contribution in [3.8, 4) is 0 Å². The lowest BCUT2D eigenvalue weighted by molar-refractivity contribution is -0.140. The van der Waals surface area contributed by atoms with Crippen molar-refractivity contribution in [2.24, 2.45) is 5.92 Å². The third-order valence-electron chi connectivity index (χ3n) is 5.88. The van der Waals surface area contributed by atoms with E-state index in [9.17, 15) is 18.0 Å². The highest BCUT2D eigenvalue weighted by Crippen LogP contribution is 2.31. The molecule has 0 aliphatic heterocycles. The Hall–Kier alpha value is -2.29. The van der Waals surface area contributed by atoms with E-state index in [1.54, 1.807) is 11.0 Å². The Morgan fingerprint density at radius 3 is 2.30 bits per heavy atom. The molecule has 2 aromatic carbocycles. The van der Waals surface area contributed by atoms with Gasteiger partial charge in [-0.1, -0.05) is 74.3 Å². The molecule has 37 heavy (non-hydrogen) atoms. The molecule has 0 radical (unpaired) electrons. The molecule has 7 nitrogen and oxygen atoms in total. The lowest BCUT2D eigenvalue weighted by Crippen LogP contribution is -2.50. The van der Waals surface area contributed by atoms with Crippen LogP contribution in [0.1, 0.15) is 45.6 Å². The minimum atomic E-state index is -3.67. The number of nitrogens with zero attached hydrogens (tertiary/aromatic N) is 2. The summed E-state index contributed by atoms with van der Waals surface area (Å²) in [6, 6.07) is 13.8. The quantitative estimate of drug-likeness (QED) is 0.340. The van der Waals surface area contributed by atoms with Gasteiger partial charge in [-0.2, -0.15) is 0 Å². The second-order valence-electron chi connectivity index (χ2n) is 9.42. The highest BCUT2D eigenvalue weighted by atomic mass is 35.5. The van der Waals surface area contributed by atoms with Crippen LogP contribution in [0.15, 0.2) is 48.5 Å². The molecule has 2 amide bonds. The summed E-state index contributed by atoms with van der Waals surface area (Å²) in [5, 5.41) is 3.55. The molecule has 0 saturated heterocycles. The molecule has 0 fully saturated rings. The van der Waals surface area contributed by atoms with Crippen LogP contribution >= 0.6 is 23.2 Å². The molecular formula is C27H37Cl2N3O4S. The minimum Gasteiger partial charge on any atom is -0.354 e. The van der Waals surface area contributed by atoms with Crippen LogP contribution in [0.25, 0.3) is 0 Å². The first-order valence-corrected chi connectivity index (χ1v) is 15.1. The predicted octanol–water partition coefficient (Wildman–Crippen LogP) is 5.16. The van der Waals surface area contributed by atoms with E-state index < -0.39 is 16.1 Å². The molecule has 0 aliphatic rings. The van der Waals surface area contributed by atoms with E-state index in [4.69, 9.17) is 23.2 Å². The summed E-state index contributed by atoms with van der Waals surface area (Å²) < 4.78 is 26.2. The van der Waals surface area contributed by atoms with Crippen molar-refractivity contribution in [3.63, 3.8) is 0 Å². The number of nitrogens with one attached hydrogen (secondary N) is 1. The van der Waals surface area contributed by atoms with E-state index in [0.29, 0.717) is 31.0 Å². The van der Waals surface area contributed by atoms with E-state index in [1.165, 1.54) is 12.1 Å². The van der Waals surface area contributed by atoms with Crippen LogP contribution in [0, 0.1) is 5.92 Å². The molecule has 0 unspecified atom stereocenters. The molecule has 2 aromatic rings. The number of halogens is 2. The number of rotatable bonds is 14. The van der Waals surface area contributed by atoms with Crippen LogP contribution in [-0.2, 0) is 26.0 Å². The van der Waals surface area contributed by atoms with Gasteiger partial charge in [0.1, 0.15) is 6.04 Å². The van der Waals surface area contributed by atoms with Gasteiger partial charge in [-0.15, -0.1) is 0 Å². The summed E-state index contributed by atoms with van der Waals surface area (Å²) in [6.45, 7) is 6.87. The smallest absolute Gasteiger partial charge is 0.242 e. The molecule has 0 saturated carbocycles. The molecule has 0 aromatic heterocycles. The van der Waals surface area contributed by atoms with Gasteiger partial charge < -0.3 is 10.2 Å². The first kappa shape index (κ1) is 30.9. The average Bonchev–Trinajstić information content (AvgIpc) is 2.84. The van der Waals surface area contributed by atoms with Gasteiger partial charge in [0.25, 0.3) is 0 Å². The van der Waals surface area contributed by atoms with E-state index in [-0.39, 0.29) is 47.8 Å². The maximum absolute atomic E-state index is 13.4. The third-order valence-corrected chi connectivity index (χ3v) is 7.62. The van der Waals surface area contributed by atoms with Crippen LogP contribution < -0.4 is 9.62 Å². The maximum atomic E-state index is 13.4. The Bertz CT molecular complexity index is 1140. The number of benzene rings is 2. The molecule has 10 heteroatoms. The van der Waals surface area contributed by atoms with Crippen molar-refractivity contribution in [2.75, 3.05) is 30.2 Å². The number of hydrogen-bond donors (Lipinski definition) is 1. The molecule has 1 atom stereocenters. The van der Waals surface area contributed by atoms with E-state index in [0.717, 1.165) is 16.1 Å². The predicted molar refractivity (Wildman–Crippen MR) is 152 cm³/mol. The number of carbonyl (C=O) groups excluding carboxylic acids is 2. The summed E-state index contributed by atoms with van der Waals surface area (Å²) in [5.41, 5.74) is 1.33. The molecule has 0 bridgehead atoms. The van der Waals surface area contributed by atoms with Crippen molar-refractivity contribution in [1.82, 2.24) is 10.2 Å². The van der Waals surface area contributed by atoms with Crippen LogP contribution in [0.4, 0.5) is 5.69 Å². The second-order valence-corrected chi connectivity index (χ2v) is 12.2. The molecule has 0 heterocycles. The normalized spacial score (nSPS) is 12.3. The Kier molecular flexibility index (Phi) is 12.2. The number of amides is 2. The molecular weight excluding hydrogens is 533 g/mol. The first-order chi connectivity index (χ1) is 17.4. The molecule has 0 aliphatic carbocycles. The zero-order valence-electron chi connectivity index (χ0n) is 21.9. The highest BCUT2D eigenvalue weighted by Gasteiger charge is 2.28. The van der Waals surface area contributed by atoms with Gasteiger partial charge in [0, 0.05) is 31.1 Å². The monoisotopic (exact) mass is 569 g/mol. The summed E-state index contributed by atoms with van der Waals surface area (Å²) in [7, 11) is -3.67. The summed E-state index contributed by atoms with van der Waals surface area (Å²) in [4.78, 5) is 28.0. The fraction of sp³-hybridized carbons (Fsp3) is 0.481. The maximum Gasteiger partial charge on any atom is 0.242 e. The Balaban J connectivity index is 2.18. The van der Waals surface area contributed by atoms with Crippen molar-refractivity contribution in [3.05, 3.63) is 64.1 Å². The van der Waals surface area contributed by atoms with Crippen LogP contribution in [0.2, 0.25) is 10.0 Å². The van der Waals surface area contributed by atoms with E-state index in [2.05, 4.69) is 5.32 Å². The van der Waals surface area contributed by atoms with Gasteiger partial charge in [-0.25, -0.2) is 8.42 Å². The Morgan fingerprint density at radius 1 is 1.03 bits per heavy atom. The van der Waals surface area contributed by atoms with Gasteiger partial charge in [-0.3, -0.25) is 13.9 Å². The largest absolute Gasteiger partial charge is 0.354 e. The number of anilines is 1. The summed E-state index contributed by atoms with van der Waals surface area (Å²) in [5.74, 6) is -0.0931. The first-order valence-electron chi connectivity index (χ1n) is 12.5. The molecule has 1 N–H and O–H groups in total. The molecule has 204 valence electrons. The van der Waals surface area contributed by atoms with Crippen LogP contribution in [0.5, 0.6) is 0 Å². The third kappa shape index (κ3) is 9.83. The fourth-order valence-electron chi connectivity index (χ4n) is 3.98. The van der Waals surface area contributed by atoms with Crippen LogP contribution in [0.3, 0.4) is 0 Å². The summed E-state index contributed by atoms with van der Waals surface area (Å²) >= 11 is 12.3. The van der Waals surface area contributed by atoms with E-state index >= 15 is 0 Å². The second kappa shape index (κ2) is 14.6. The number of sulfonamides is 1. The standard InChI is InChI=1S/C27H37Cl2N3O4S/c1-5-24(27(34)30-19-20(2)3)31(17-15-21-10-7-6-8-11-21)26(33)12-9-16-32(37(4,35)36)25-18-22(28)13-14-23(25)29/h6-8,10-11,13-14,18,20,24H,5,9,12,15-17,19H2,1-4H3,(H,30,34)/t24-/m1/s1. The zero-order chi connectivity index (χ0) is 27.6. The zero-order valence-corrected chi connectivity index (χ0v) is 24.2. The van der Waals surface area contributed by atoms with Crippen molar-refractivity contribution in [2.45, 2.75) is 52.5 Å². The number of hydrogen-bond acceptors (Lipinski definition) is 4. The van der Waals surface area contributed by atoms with E-state index in [1.807, 2.05) is 51.1 Å². The average molecular weight is 571 g/mol. The van der Waals surface area contributed by atoms with Gasteiger partial charge in [0.05, 0.1) is 17.0 Å². The van der Waals surface area contributed by atoms with Crippen molar-refractivity contribution in [1.29, 1.82) is 0 Å². The lowest BCUT2D eigenvalue weighted by atomic mass is 10.1. The van der Waals surface area contributed by atoms with Crippen molar-refractivity contribution < 1.29 is 18.0 Å². The van der Waals surface area contributed by atoms with Gasteiger partial charge in [0.15, 0.2) is 0 Å². The topological polar surface area (TPSA) is 86.8 Å². The Labute approximate surface area is 231 Å². The minimum absolute atomic E-state index is 0.0491. The molecule has 0 spiro atoms.